The molecule has 0 aliphatic rings. The first-order valence-corrected chi connectivity index (χ1v) is 7.44. The van der Waals surface area contributed by atoms with Gasteiger partial charge in [-0.1, -0.05) is 25.1 Å². The van der Waals surface area contributed by atoms with Gasteiger partial charge in [-0.3, -0.25) is 0 Å². The molecule has 1 aromatic carbocycles. The second-order valence-corrected chi connectivity index (χ2v) is 5.70. The largest absolute Gasteiger partial charge is 0.480 e. The summed E-state index contributed by atoms with van der Waals surface area (Å²) in [6, 6.07) is 9.43. The first-order chi connectivity index (χ1) is 9.48. The Kier molecular flexibility index (Phi) is 6.38. The standard InChI is InChI=1S/C14H20N2O3S/c1-3-14(2,12(17)18)16-13(19)15-9-10-20-11-7-5-4-6-8-11/h4-8H,3,9-10H2,1-2H3,(H,17,18)(H2,15,16,19). The Labute approximate surface area is 123 Å². The van der Waals surface area contributed by atoms with Crippen molar-refractivity contribution in [1.82, 2.24) is 10.6 Å². The molecule has 20 heavy (non-hydrogen) atoms. The summed E-state index contributed by atoms with van der Waals surface area (Å²) < 4.78 is 0. The van der Waals surface area contributed by atoms with Crippen molar-refractivity contribution in [1.29, 1.82) is 0 Å². The van der Waals surface area contributed by atoms with Crippen molar-refractivity contribution < 1.29 is 14.7 Å². The third-order valence-corrected chi connectivity index (χ3v) is 3.98. The van der Waals surface area contributed by atoms with E-state index in [2.05, 4.69) is 10.6 Å². The molecule has 0 bridgehead atoms. The molecular formula is C14H20N2O3S. The Morgan fingerprint density at radius 2 is 1.95 bits per heavy atom. The Morgan fingerprint density at radius 1 is 1.30 bits per heavy atom. The van der Waals surface area contributed by atoms with Crippen molar-refractivity contribution in [3.63, 3.8) is 0 Å². The average Bonchev–Trinajstić information content (AvgIpc) is 2.44. The summed E-state index contributed by atoms with van der Waals surface area (Å²) in [5, 5.41) is 14.2. The van der Waals surface area contributed by atoms with E-state index in [1.165, 1.54) is 6.92 Å². The smallest absolute Gasteiger partial charge is 0.329 e. The molecule has 0 fully saturated rings. The van der Waals surface area contributed by atoms with Gasteiger partial charge in [-0.05, 0) is 25.5 Å². The topological polar surface area (TPSA) is 78.4 Å². The van der Waals surface area contributed by atoms with Crippen LogP contribution < -0.4 is 10.6 Å². The summed E-state index contributed by atoms with van der Waals surface area (Å²) in [5.41, 5.74) is -1.23. The van der Waals surface area contributed by atoms with Crippen LogP contribution in [0.25, 0.3) is 0 Å². The van der Waals surface area contributed by atoms with Gasteiger partial charge in [0.15, 0.2) is 0 Å². The minimum atomic E-state index is -1.23. The Balaban J connectivity index is 2.28. The number of carbonyl (C=O) groups excluding carboxylic acids is 1. The van der Waals surface area contributed by atoms with Crippen molar-refractivity contribution >= 4 is 23.8 Å². The Hall–Kier alpha value is -1.69. The van der Waals surface area contributed by atoms with Crippen LogP contribution in [0.5, 0.6) is 0 Å². The van der Waals surface area contributed by atoms with Gasteiger partial charge in [0.2, 0.25) is 0 Å². The van der Waals surface area contributed by atoms with Crippen LogP contribution in [0.1, 0.15) is 20.3 Å². The second kappa shape index (κ2) is 7.79. The van der Waals surface area contributed by atoms with Gasteiger partial charge >= 0.3 is 12.0 Å². The highest BCUT2D eigenvalue weighted by Crippen LogP contribution is 2.15. The lowest BCUT2D eigenvalue weighted by Gasteiger charge is -2.24. The number of benzene rings is 1. The normalized spacial score (nSPS) is 13.3. The zero-order chi connectivity index (χ0) is 15.0. The monoisotopic (exact) mass is 296 g/mol. The van der Waals surface area contributed by atoms with E-state index in [4.69, 9.17) is 5.11 Å². The van der Waals surface area contributed by atoms with Crippen LogP contribution in [0.4, 0.5) is 4.79 Å². The minimum absolute atomic E-state index is 0.328. The van der Waals surface area contributed by atoms with Gasteiger partial charge in [0.05, 0.1) is 0 Å². The van der Waals surface area contributed by atoms with Crippen LogP contribution in [-0.2, 0) is 4.79 Å². The predicted octanol–water partition coefficient (Wildman–Crippen LogP) is 2.33. The number of urea groups is 1. The fourth-order valence-corrected chi connectivity index (χ4v) is 2.23. The molecule has 0 aromatic heterocycles. The van der Waals surface area contributed by atoms with Gasteiger partial charge in [0.25, 0.3) is 0 Å². The lowest BCUT2D eigenvalue weighted by molar-refractivity contribution is -0.143. The number of aliphatic carboxylic acids is 1. The van der Waals surface area contributed by atoms with E-state index in [0.717, 1.165) is 10.6 Å². The van der Waals surface area contributed by atoms with Crippen LogP contribution in [0.15, 0.2) is 35.2 Å². The fraction of sp³-hybridized carbons (Fsp3) is 0.429. The lowest BCUT2D eigenvalue weighted by atomic mass is 10.00. The minimum Gasteiger partial charge on any atom is -0.480 e. The third-order valence-electron chi connectivity index (χ3n) is 2.97. The molecule has 1 unspecified atom stereocenters. The highest BCUT2D eigenvalue weighted by atomic mass is 32.2. The molecule has 3 N–H and O–H groups in total. The van der Waals surface area contributed by atoms with Gasteiger partial charge in [0.1, 0.15) is 5.54 Å². The molecule has 0 heterocycles. The third kappa shape index (κ3) is 5.13. The summed E-state index contributed by atoms with van der Waals surface area (Å²) in [6.45, 7) is 3.69. The van der Waals surface area contributed by atoms with Crippen molar-refractivity contribution in [2.75, 3.05) is 12.3 Å². The predicted molar refractivity (Wildman–Crippen MR) is 80.0 cm³/mol. The van der Waals surface area contributed by atoms with Crippen LogP contribution >= 0.6 is 11.8 Å². The van der Waals surface area contributed by atoms with Crippen LogP contribution in [-0.4, -0.2) is 34.9 Å². The van der Waals surface area contributed by atoms with Gasteiger partial charge in [-0.15, -0.1) is 11.8 Å². The maximum absolute atomic E-state index is 11.6. The molecule has 0 spiro atoms. The summed E-state index contributed by atoms with van der Waals surface area (Å²) in [7, 11) is 0. The number of thioether (sulfide) groups is 1. The van der Waals surface area contributed by atoms with Crippen molar-refractivity contribution in [3.05, 3.63) is 30.3 Å². The molecule has 0 aliphatic carbocycles. The van der Waals surface area contributed by atoms with Crippen LogP contribution in [0, 0.1) is 0 Å². The van der Waals surface area contributed by atoms with Gasteiger partial charge in [-0.25, -0.2) is 9.59 Å². The highest BCUT2D eigenvalue weighted by Gasteiger charge is 2.32. The van der Waals surface area contributed by atoms with Crippen LogP contribution in [0.3, 0.4) is 0 Å². The first-order valence-electron chi connectivity index (χ1n) is 6.45. The summed E-state index contributed by atoms with van der Waals surface area (Å²) in [5.74, 6) is -0.304. The fourth-order valence-electron chi connectivity index (χ4n) is 1.44. The average molecular weight is 296 g/mol. The molecule has 1 aromatic rings. The number of rotatable bonds is 7. The maximum Gasteiger partial charge on any atom is 0.329 e. The molecule has 0 saturated carbocycles. The van der Waals surface area contributed by atoms with E-state index < -0.39 is 17.5 Å². The SMILES string of the molecule is CCC(C)(NC(=O)NCCSc1ccccc1)C(=O)O. The molecule has 0 radical (unpaired) electrons. The van der Waals surface area contributed by atoms with E-state index in [0.29, 0.717) is 13.0 Å². The first kappa shape index (κ1) is 16.4. The Bertz CT molecular complexity index is 453. The van der Waals surface area contributed by atoms with Gasteiger partial charge in [0, 0.05) is 17.2 Å². The molecule has 2 amide bonds. The van der Waals surface area contributed by atoms with E-state index in [-0.39, 0.29) is 0 Å². The zero-order valence-electron chi connectivity index (χ0n) is 11.7. The van der Waals surface area contributed by atoms with Gasteiger partial charge in [-0.2, -0.15) is 0 Å². The Morgan fingerprint density at radius 3 is 2.50 bits per heavy atom. The number of amides is 2. The van der Waals surface area contributed by atoms with E-state index in [1.54, 1.807) is 18.7 Å². The number of carboxylic acids is 1. The molecule has 5 nitrogen and oxygen atoms in total. The van der Waals surface area contributed by atoms with Crippen molar-refractivity contribution in [3.8, 4) is 0 Å². The molecule has 0 aliphatic heterocycles. The second-order valence-electron chi connectivity index (χ2n) is 4.53. The van der Waals surface area contributed by atoms with Crippen LogP contribution in [0.2, 0.25) is 0 Å². The molecule has 1 atom stereocenters. The molecule has 1 rings (SSSR count). The van der Waals surface area contributed by atoms with E-state index in [9.17, 15) is 9.59 Å². The molecule has 6 heteroatoms. The van der Waals surface area contributed by atoms with Gasteiger partial charge < -0.3 is 15.7 Å². The number of hydrogen-bond acceptors (Lipinski definition) is 3. The quantitative estimate of drug-likeness (QED) is 0.533. The van der Waals surface area contributed by atoms with Crippen molar-refractivity contribution in [2.24, 2.45) is 0 Å². The lowest BCUT2D eigenvalue weighted by Crippen LogP contribution is -2.55. The molecule has 0 saturated heterocycles. The maximum atomic E-state index is 11.6. The molecule has 110 valence electrons. The number of hydrogen-bond donors (Lipinski definition) is 3. The zero-order valence-corrected chi connectivity index (χ0v) is 12.5. The number of nitrogens with one attached hydrogen (secondary N) is 2. The summed E-state index contributed by atoms with van der Waals surface area (Å²) in [6.07, 6.45) is 0.328. The summed E-state index contributed by atoms with van der Waals surface area (Å²) in [4.78, 5) is 23.8. The number of carboxylic acid groups (broad SMARTS) is 1. The number of carbonyl (C=O) groups is 2. The van der Waals surface area contributed by atoms with E-state index >= 15 is 0 Å². The summed E-state index contributed by atoms with van der Waals surface area (Å²) >= 11 is 1.63. The van der Waals surface area contributed by atoms with E-state index in [1.807, 2.05) is 30.3 Å². The highest BCUT2D eigenvalue weighted by molar-refractivity contribution is 7.99. The van der Waals surface area contributed by atoms with Crippen molar-refractivity contribution in [2.45, 2.75) is 30.7 Å². The molecular weight excluding hydrogens is 276 g/mol.